The van der Waals surface area contributed by atoms with Gasteiger partial charge in [0.25, 0.3) is 0 Å². The molecule has 2 N–H and O–H groups in total. The van der Waals surface area contributed by atoms with Gasteiger partial charge in [0.2, 0.25) is 5.79 Å². The highest BCUT2D eigenvalue weighted by Crippen LogP contribution is 2.60. The Bertz CT molecular complexity index is 718. The molecule has 1 aliphatic heterocycles. The van der Waals surface area contributed by atoms with E-state index in [-0.39, 0.29) is 12.3 Å². The van der Waals surface area contributed by atoms with Gasteiger partial charge in [-0.2, -0.15) is 0 Å². The molecule has 2 aliphatic carbocycles. The summed E-state index contributed by atoms with van der Waals surface area (Å²) >= 11 is 0. The predicted octanol–water partition coefficient (Wildman–Crippen LogP) is 2.39. The zero-order valence-electron chi connectivity index (χ0n) is 16.1. The van der Waals surface area contributed by atoms with Gasteiger partial charge < -0.3 is 19.7 Å². The molecule has 2 fully saturated rings. The quantitative estimate of drug-likeness (QED) is 0.577. The second-order valence-electron chi connectivity index (χ2n) is 8.50. The summed E-state index contributed by atoms with van der Waals surface area (Å²) < 4.78 is 10.9. The average Bonchev–Trinajstić information content (AvgIpc) is 2.76. The summed E-state index contributed by atoms with van der Waals surface area (Å²) in [5.41, 5.74) is -0.237. The third-order valence-corrected chi connectivity index (χ3v) is 6.72. The second-order valence-corrected chi connectivity index (χ2v) is 8.50. The van der Waals surface area contributed by atoms with Crippen LogP contribution in [0.2, 0.25) is 0 Å². The van der Waals surface area contributed by atoms with E-state index in [1.807, 2.05) is 6.92 Å². The van der Waals surface area contributed by atoms with Crippen molar-refractivity contribution in [2.45, 2.75) is 77.8 Å². The molecular formula is C20H28O6. The lowest BCUT2D eigenvalue weighted by atomic mass is 9.52. The minimum absolute atomic E-state index is 0.244. The van der Waals surface area contributed by atoms with Gasteiger partial charge in [0, 0.05) is 29.1 Å². The molecule has 0 radical (unpaired) electrons. The molecule has 0 amide bonds. The molecule has 3 aliphatic rings. The van der Waals surface area contributed by atoms with Crippen LogP contribution in [0.4, 0.5) is 0 Å². The molecule has 6 nitrogen and oxygen atoms in total. The highest BCUT2D eigenvalue weighted by Gasteiger charge is 2.63. The zero-order valence-corrected chi connectivity index (χ0v) is 16.1. The Balaban J connectivity index is 1.92. The maximum Gasteiger partial charge on any atom is 0.336 e. The van der Waals surface area contributed by atoms with Gasteiger partial charge in [-0.1, -0.05) is 13.0 Å². The Hall–Kier alpha value is -1.66. The molecule has 0 unspecified atom stereocenters. The number of carbonyl (C=O) groups is 2. The van der Waals surface area contributed by atoms with E-state index in [2.05, 4.69) is 0 Å². The Kier molecular flexibility index (Phi) is 4.36. The number of carbonyl (C=O) groups excluding carboxylic acids is 2. The minimum atomic E-state index is -1.58. The lowest BCUT2D eigenvalue weighted by Crippen LogP contribution is -2.62. The van der Waals surface area contributed by atoms with Crippen LogP contribution in [-0.2, 0) is 19.1 Å². The van der Waals surface area contributed by atoms with E-state index in [0.717, 1.165) is 0 Å². The van der Waals surface area contributed by atoms with Gasteiger partial charge in [-0.15, -0.1) is 0 Å². The SMILES string of the molecule is C/C=C(/C)C(=O)O[C@@H]1CC[C@]2(C)C[C@]3(O)OC(=O)C(C)=C3C[C@H]2[C@]1(C)O. The van der Waals surface area contributed by atoms with Crippen LogP contribution in [0.5, 0.6) is 0 Å². The van der Waals surface area contributed by atoms with Crippen molar-refractivity contribution in [2.75, 3.05) is 0 Å². The standard InChI is InChI=1S/C20H28O6/c1-6-11(2)16(21)25-15-7-8-18(4)10-20(24)13(12(3)17(22)26-20)9-14(18)19(15,5)23/h6,14-15,23-24H,7-10H2,1-5H3/b11-6-/t14-,15-,18-,19+,20+/m1/s1. The number of esters is 2. The molecule has 2 saturated carbocycles. The molecule has 0 aromatic carbocycles. The van der Waals surface area contributed by atoms with Crippen molar-refractivity contribution in [3.05, 3.63) is 22.8 Å². The summed E-state index contributed by atoms with van der Waals surface area (Å²) in [6.07, 6.45) is 2.79. The van der Waals surface area contributed by atoms with Crippen molar-refractivity contribution in [1.29, 1.82) is 0 Å². The molecule has 5 atom stereocenters. The van der Waals surface area contributed by atoms with Crippen LogP contribution < -0.4 is 0 Å². The van der Waals surface area contributed by atoms with E-state index in [1.165, 1.54) is 0 Å². The third kappa shape index (κ3) is 2.70. The summed E-state index contributed by atoms with van der Waals surface area (Å²) in [4.78, 5) is 24.1. The van der Waals surface area contributed by atoms with Crippen molar-refractivity contribution in [3.8, 4) is 0 Å². The van der Waals surface area contributed by atoms with Gasteiger partial charge in [0.1, 0.15) is 11.7 Å². The fourth-order valence-electron chi connectivity index (χ4n) is 4.95. The van der Waals surface area contributed by atoms with Crippen molar-refractivity contribution >= 4 is 11.9 Å². The first-order valence-corrected chi connectivity index (χ1v) is 9.17. The van der Waals surface area contributed by atoms with Crippen LogP contribution in [0.25, 0.3) is 0 Å². The van der Waals surface area contributed by atoms with Crippen LogP contribution in [0.15, 0.2) is 22.8 Å². The first kappa shape index (κ1) is 19.1. The first-order valence-electron chi connectivity index (χ1n) is 9.17. The largest absolute Gasteiger partial charge is 0.456 e. The second kappa shape index (κ2) is 5.92. The number of rotatable bonds is 2. The summed E-state index contributed by atoms with van der Waals surface area (Å²) in [6.45, 7) is 8.78. The molecule has 3 rings (SSSR count). The van der Waals surface area contributed by atoms with Crippen molar-refractivity contribution in [2.24, 2.45) is 11.3 Å². The maximum atomic E-state index is 12.2. The first-order chi connectivity index (χ1) is 11.9. The van der Waals surface area contributed by atoms with Crippen LogP contribution in [0.3, 0.4) is 0 Å². The molecule has 144 valence electrons. The number of ether oxygens (including phenoxy) is 2. The number of hydrogen-bond acceptors (Lipinski definition) is 6. The van der Waals surface area contributed by atoms with E-state index in [9.17, 15) is 19.8 Å². The molecule has 0 bridgehead atoms. The molecule has 0 spiro atoms. The summed E-state index contributed by atoms with van der Waals surface area (Å²) in [7, 11) is 0. The van der Waals surface area contributed by atoms with E-state index >= 15 is 0 Å². The van der Waals surface area contributed by atoms with Crippen LogP contribution in [0, 0.1) is 11.3 Å². The molecule has 0 aromatic heterocycles. The minimum Gasteiger partial charge on any atom is -0.456 e. The molecule has 0 saturated heterocycles. The van der Waals surface area contributed by atoms with Gasteiger partial charge in [0.05, 0.1) is 0 Å². The topological polar surface area (TPSA) is 93.1 Å². The van der Waals surface area contributed by atoms with Crippen LogP contribution in [0.1, 0.15) is 60.3 Å². The van der Waals surface area contributed by atoms with Crippen LogP contribution >= 0.6 is 0 Å². The number of aliphatic hydroxyl groups is 2. The highest BCUT2D eigenvalue weighted by atomic mass is 16.7. The predicted molar refractivity (Wildman–Crippen MR) is 93.7 cm³/mol. The van der Waals surface area contributed by atoms with Crippen molar-refractivity contribution in [3.63, 3.8) is 0 Å². The van der Waals surface area contributed by atoms with Gasteiger partial charge in [-0.25, -0.2) is 9.59 Å². The fourth-order valence-corrected chi connectivity index (χ4v) is 4.95. The molecular weight excluding hydrogens is 336 g/mol. The van der Waals surface area contributed by atoms with Gasteiger partial charge in [0.15, 0.2) is 0 Å². The summed E-state index contributed by atoms with van der Waals surface area (Å²) in [5, 5.41) is 22.2. The molecule has 1 heterocycles. The van der Waals surface area contributed by atoms with Crippen molar-refractivity contribution < 1.29 is 29.3 Å². The molecule has 6 heteroatoms. The monoisotopic (exact) mass is 364 g/mol. The fraction of sp³-hybridized carbons (Fsp3) is 0.700. The summed E-state index contributed by atoms with van der Waals surface area (Å²) in [5.74, 6) is -2.76. The smallest absolute Gasteiger partial charge is 0.336 e. The van der Waals surface area contributed by atoms with Crippen LogP contribution in [-0.4, -0.2) is 39.6 Å². The highest BCUT2D eigenvalue weighted by molar-refractivity contribution is 5.92. The number of fused-ring (bicyclic) bond motifs is 2. The van der Waals surface area contributed by atoms with Crippen molar-refractivity contribution in [1.82, 2.24) is 0 Å². The van der Waals surface area contributed by atoms with E-state index in [1.54, 1.807) is 33.8 Å². The number of allylic oxidation sites excluding steroid dienone is 1. The lowest BCUT2D eigenvalue weighted by Gasteiger charge is -2.57. The van der Waals surface area contributed by atoms with E-state index in [4.69, 9.17) is 9.47 Å². The Labute approximate surface area is 153 Å². The molecule has 26 heavy (non-hydrogen) atoms. The summed E-state index contributed by atoms with van der Waals surface area (Å²) in [6, 6.07) is 0. The normalized spacial score (nSPS) is 42.9. The van der Waals surface area contributed by atoms with E-state index < -0.39 is 34.8 Å². The zero-order chi connectivity index (χ0) is 19.5. The number of hydrogen-bond donors (Lipinski definition) is 2. The van der Waals surface area contributed by atoms with Gasteiger partial charge in [-0.05, 0) is 52.4 Å². The third-order valence-electron chi connectivity index (χ3n) is 6.72. The molecule has 0 aromatic rings. The Morgan fingerprint density at radius 3 is 2.62 bits per heavy atom. The Morgan fingerprint density at radius 2 is 2.00 bits per heavy atom. The van der Waals surface area contributed by atoms with Gasteiger partial charge >= 0.3 is 11.9 Å². The Morgan fingerprint density at radius 1 is 1.35 bits per heavy atom. The average molecular weight is 364 g/mol. The lowest BCUT2D eigenvalue weighted by molar-refractivity contribution is -0.239. The maximum absolute atomic E-state index is 12.2. The van der Waals surface area contributed by atoms with Gasteiger partial charge in [-0.3, -0.25) is 0 Å². The van der Waals surface area contributed by atoms with E-state index in [0.29, 0.717) is 36.0 Å².